The monoisotopic (exact) mass is 311 g/mol. The number of hydrogen-bond donors (Lipinski definition) is 0. The van der Waals surface area contributed by atoms with E-state index in [1.807, 2.05) is 4.90 Å². The van der Waals surface area contributed by atoms with Gasteiger partial charge in [-0.05, 0) is 20.3 Å². The lowest BCUT2D eigenvalue weighted by Crippen LogP contribution is -2.48. The molecule has 3 heteroatoms. The molecule has 0 spiro atoms. The van der Waals surface area contributed by atoms with Gasteiger partial charge in [-0.25, -0.2) is 0 Å². The van der Waals surface area contributed by atoms with Gasteiger partial charge in [-0.1, -0.05) is 64.7 Å². The summed E-state index contributed by atoms with van der Waals surface area (Å²) in [5, 5.41) is 0. The van der Waals surface area contributed by atoms with Gasteiger partial charge in [-0.15, -0.1) is 0 Å². The first kappa shape index (κ1) is 19.5. The van der Waals surface area contributed by atoms with Gasteiger partial charge < -0.3 is 9.64 Å². The summed E-state index contributed by atoms with van der Waals surface area (Å²) in [7, 11) is 0. The Morgan fingerprint density at radius 3 is 1.82 bits per heavy atom. The summed E-state index contributed by atoms with van der Waals surface area (Å²) in [6, 6.07) is 0. The van der Waals surface area contributed by atoms with Crippen molar-refractivity contribution in [3.8, 4) is 0 Å². The van der Waals surface area contributed by atoms with E-state index in [4.69, 9.17) is 4.74 Å². The van der Waals surface area contributed by atoms with E-state index in [2.05, 4.69) is 20.8 Å². The van der Waals surface area contributed by atoms with Gasteiger partial charge in [0.1, 0.15) is 0 Å². The summed E-state index contributed by atoms with van der Waals surface area (Å²) in [5.41, 5.74) is 0. The fraction of sp³-hybridized carbons (Fsp3) is 0.947. The highest BCUT2D eigenvalue weighted by Crippen LogP contribution is 2.14. The third kappa shape index (κ3) is 8.77. The Bertz CT molecular complexity index is 283. The summed E-state index contributed by atoms with van der Waals surface area (Å²) in [4.78, 5) is 14.2. The molecule has 0 N–H and O–H groups in total. The molecule has 1 heterocycles. The lowest BCUT2D eigenvalue weighted by Gasteiger charge is -2.35. The van der Waals surface area contributed by atoms with Crippen LogP contribution in [0.4, 0.5) is 0 Å². The lowest BCUT2D eigenvalue weighted by molar-refractivity contribution is -0.143. The van der Waals surface area contributed by atoms with Crippen LogP contribution in [-0.2, 0) is 9.53 Å². The normalized spacial score (nSPS) is 22.0. The number of hydrogen-bond acceptors (Lipinski definition) is 2. The first-order valence-corrected chi connectivity index (χ1v) is 9.56. The number of carbonyl (C=O) groups is 1. The van der Waals surface area contributed by atoms with Crippen molar-refractivity contribution in [2.45, 2.75) is 104 Å². The first-order valence-electron chi connectivity index (χ1n) is 9.56. The van der Waals surface area contributed by atoms with Crippen LogP contribution in [0, 0.1) is 0 Å². The number of morpholine rings is 1. The van der Waals surface area contributed by atoms with Crippen molar-refractivity contribution in [1.82, 2.24) is 4.90 Å². The van der Waals surface area contributed by atoms with Crippen LogP contribution >= 0.6 is 0 Å². The van der Waals surface area contributed by atoms with Gasteiger partial charge in [0.25, 0.3) is 0 Å². The number of unbranched alkanes of at least 4 members (excludes halogenated alkanes) is 9. The maximum absolute atomic E-state index is 12.2. The van der Waals surface area contributed by atoms with Gasteiger partial charge in [0.2, 0.25) is 5.91 Å². The fourth-order valence-electron chi connectivity index (χ4n) is 3.30. The van der Waals surface area contributed by atoms with Crippen LogP contribution in [0.3, 0.4) is 0 Å². The number of rotatable bonds is 11. The van der Waals surface area contributed by atoms with Crippen molar-refractivity contribution < 1.29 is 9.53 Å². The van der Waals surface area contributed by atoms with Crippen LogP contribution in [0.2, 0.25) is 0 Å². The summed E-state index contributed by atoms with van der Waals surface area (Å²) < 4.78 is 5.68. The third-order valence-electron chi connectivity index (χ3n) is 4.52. The van der Waals surface area contributed by atoms with Crippen molar-refractivity contribution >= 4 is 5.91 Å². The van der Waals surface area contributed by atoms with E-state index in [1.165, 1.54) is 57.8 Å². The van der Waals surface area contributed by atoms with Crippen molar-refractivity contribution in [3.63, 3.8) is 0 Å². The number of nitrogens with zero attached hydrogens (tertiary/aromatic N) is 1. The number of carbonyl (C=O) groups excluding carboxylic acids is 1. The van der Waals surface area contributed by atoms with Gasteiger partial charge in [-0.3, -0.25) is 4.79 Å². The molecule has 2 unspecified atom stereocenters. The van der Waals surface area contributed by atoms with Gasteiger partial charge in [-0.2, -0.15) is 0 Å². The standard InChI is InChI=1S/C19H37NO2/c1-4-5-6-7-8-9-10-11-12-13-14-19(21)20-15-17(2)22-18(3)16-20/h17-18H,4-16H2,1-3H3. The highest BCUT2D eigenvalue weighted by molar-refractivity contribution is 5.76. The molecular formula is C19H37NO2. The zero-order valence-electron chi connectivity index (χ0n) is 15.1. The topological polar surface area (TPSA) is 29.5 Å². The molecule has 0 saturated carbocycles. The van der Waals surface area contributed by atoms with Crippen LogP contribution in [-0.4, -0.2) is 36.1 Å². The molecular weight excluding hydrogens is 274 g/mol. The number of amides is 1. The molecule has 1 rings (SSSR count). The van der Waals surface area contributed by atoms with E-state index in [1.54, 1.807) is 0 Å². The predicted molar refractivity (Wildman–Crippen MR) is 93.1 cm³/mol. The van der Waals surface area contributed by atoms with E-state index >= 15 is 0 Å². The molecule has 0 bridgehead atoms. The SMILES string of the molecule is CCCCCCCCCCCCC(=O)N1CC(C)OC(C)C1. The van der Waals surface area contributed by atoms with E-state index in [-0.39, 0.29) is 12.2 Å². The largest absolute Gasteiger partial charge is 0.372 e. The Morgan fingerprint density at radius 2 is 1.32 bits per heavy atom. The van der Waals surface area contributed by atoms with Gasteiger partial charge in [0.05, 0.1) is 12.2 Å². The summed E-state index contributed by atoms with van der Waals surface area (Å²) in [6.07, 6.45) is 14.2. The highest BCUT2D eigenvalue weighted by atomic mass is 16.5. The average Bonchev–Trinajstić information content (AvgIpc) is 2.48. The third-order valence-corrected chi connectivity index (χ3v) is 4.52. The minimum atomic E-state index is 0.181. The smallest absolute Gasteiger partial charge is 0.222 e. The Labute approximate surface area is 137 Å². The molecule has 1 aliphatic heterocycles. The molecule has 0 aromatic rings. The minimum Gasteiger partial charge on any atom is -0.372 e. The summed E-state index contributed by atoms with van der Waals surface area (Å²) >= 11 is 0. The van der Waals surface area contributed by atoms with Crippen LogP contribution in [0.5, 0.6) is 0 Å². The van der Waals surface area contributed by atoms with Crippen LogP contribution in [0.15, 0.2) is 0 Å². The second-order valence-corrected chi connectivity index (χ2v) is 6.99. The molecule has 0 aromatic carbocycles. The lowest BCUT2D eigenvalue weighted by atomic mass is 10.1. The van der Waals surface area contributed by atoms with E-state index in [9.17, 15) is 4.79 Å². The molecule has 0 radical (unpaired) electrons. The molecule has 130 valence electrons. The van der Waals surface area contributed by atoms with Crippen molar-refractivity contribution in [3.05, 3.63) is 0 Å². The maximum Gasteiger partial charge on any atom is 0.222 e. The molecule has 1 fully saturated rings. The Hall–Kier alpha value is -0.570. The van der Waals surface area contributed by atoms with Crippen molar-refractivity contribution in [1.29, 1.82) is 0 Å². The van der Waals surface area contributed by atoms with Crippen molar-refractivity contribution in [2.24, 2.45) is 0 Å². The van der Waals surface area contributed by atoms with Gasteiger partial charge in [0, 0.05) is 19.5 Å². The molecule has 2 atom stereocenters. The van der Waals surface area contributed by atoms with Gasteiger partial charge >= 0.3 is 0 Å². The molecule has 22 heavy (non-hydrogen) atoms. The predicted octanol–water partition coefficient (Wildman–Crippen LogP) is 4.93. The fourth-order valence-corrected chi connectivity index (χ4v) is 3.30. The van der Waals surface area contributed by atoms with Crippen molar-refractivity contribution in [2.75, 3.05) is 13.1 Å². The highest BCUT2D eigenvalue weighted by Gasteiger charge is 2.25. The van der Waals surface area contributed by atoms with Crippen LogP contribution < -0.4 is 0 Å². The molecule has 0 aliphatic carbocycles. The molecule has 1 saturated heterocycles. The minimum absolute atomic E-state index is 0.181. The second kappa shape index (κ2) is 11.9. The Balaban J connectivity index is 1.94. The first-order chi connectivity index (χ1) is 10.6. The van der Waals surface area contributed by atoms with E-state index in [0.717, 1.165) is 25.9 Å². The van der Waals surface area contributed by atoms with Crippen LogP contribution in [0.25, 0.3) is 0 Å². The Morgan fingerprint density at radius 1 is 0.864 bits per heavy atom. The average molecular weight is 312 g/mol. The zero-order valence-corrected chi connectivity index (χ0v) is 15.1. The van der Waals surface area contributed by atoms with Gasteiger partial charge in [0.15, 0.2) is 0 Å². The molecule has 1 amide bonds. The summed E-state index contributed by atoms with van der Waals surface area (Å²) in [5.74, 6) is 0.321. The molecule has 3 nitrogen and oxygen atoms in total. The van der Waals surface area contributed by atoms with E-state index in [0.29, 0.717) is 5.91 Å². The molecule has 0 aromatic heterocycles. The molecule has 1 aliphatic rings. The quantitative estimate of drug-likeness (QED) is 0.506. The number of ether oxygens (including phenoxy) is 1. The zero-order chi connectivity index (χ0) is 16.2. The summed E-state index contributed by atoms with van der Waals surface area (Å²) in [6.45, 7) is 7.90. The van der Waals surface area contributed by atoms with Crippen LogP contribution in [0.1, 0.15) is 91.4 Å². The van der Waals surface area contributed by atoms with E-state index < -0.39 is 0 Å². The maximum atomic E-state index is 12.2. The Kier molecular flexibility index (Phi) is 10.6. The second-order valence-electron chi connectivity index (χ2n) is 6.99.